The molecule has 3 rings (SSSR count). The molecule has 132 valence electrons. The van der Waals surface area contributed by atoms with E-state index >= 15 is 0 Å². The Bertz CT molecular complexity index is 947. The normalized spacial score (nSPS) is 10.9. The maximum absolute atomic E-state index is 6.12. The lowest BCUT2D eigenvalue weighted by molar-refractivity contribution is 0.313. The van der Waals surface area contributed by atoms with Gasteiger partial charge < -0.3 is 24.5 Å². The number of pyridine rings is 1. The van der Waals surface area contributed by atoms with Crippen molar-refractivity contribution in [1.29, 1.82) is 0 Å². The Labute approximate surface area is 157 Å². The van der Waals surface area contributed by atoms with Gasteiger partial charge in [0.25, 0.3) is 5.88 Å². The Morgan fingerprint density at radius 1 is 1.12 bits per heavy atom. The predicted molar refractivity (Wildman–Crippen MR) is 97.6 cm³/mol. The van der Waals surface area contributed by atoms with E-state index < -0.39 is 0 Å². The zero-order chi connectivity index (χ0) is 18.1. The molecular formula is C15H15BrClN5O3. The van der Waals surface area contributed by atoms with Crippen molar-refractivity contribution in [2.75, 3.05) is 27.1 Å². The van der Waals surface area contributed by atoms with Crippen LogP contribution in [0.3, 0.4) is 0 Å². The van der Waals surface area contributed by atoms with Crippen molar-refractivity contribution in [3.05, 3.63) is 27.6 Å². The van der Waals surface area contributed by atoms with Crippen LogP contribution in [0, 0.1) is 0 Å². The van der Waals surface area contributed by atoms with Gasteiger partial charge in [0.2, 0.25) is 11.7 Å². The maximum atomic E-state index is 6.12. The number of hydrogen-bond acceptors (Lipinski definition) is 7. The molecular weight excluding hydrogens is 414 g/mol. The molecule has 0 atom stereocenters. The minimum absolute atomic E-state index is 0.106. The first-order valence-electron chi connectivity index (χ1n) is 7.12. The van der Waals surface area contributed by atoms with Gasteiger partial charge in [-0.25, -0.2) is 9.97 Å². The number of fused-ring (bicyclic) bond motifs is 1. The highest BCUT2D eigenvalue weighted by atomic mass is 79.9. The Morgan fingerprint density at radius 3 is 2.48 bits per heavy atom. The fourth-order valence-corrected chi connectivity index (χ4v) is 3.28. The number of ether oxygens (including phenoxy) is 3. The quantitative estimate of drug-likeness (QED) is 0.624. The van der Waals surface area contributed by atoms with Gasteiger partial charge >= 0.3 is 0 Å². The van der Waals surface area contributed by atoms with Gasteiger partial charge in [0.1, 0.15) is 10.8 Å². The maximum Gasteiger partial charge on any atom is 0.261 e. The lowest BCUT2D eigenvalue weighted by Crippen LogP contribution is -2.07. The molecule has 0 spiro atoms. The van der Waals surface area contributed by atoms with Gasteiger partial charge in [-0.1, -0.05) is 11.6 Å². The largest absolute Gasteiger partial charge is 0.492 e. The summed E-state index contributed by atoms with van der Waals surface area (Å²) in [5, 5.41) is 1.01. The molecule has 0 aromatic carbocycles. The van der Waals surface area contributed by atoms with Gasteiger partial charge in [-0.3, -0.25) is 0 Å². The molecule has 2 N–H and O–H groups in total. The van der Waals surface area contributed by atoms with Crippen molar-refractivity contribution in [1.82, 2.24) is 19.5 Å². The van der Waals surface area contributed by atoms with E-state index in [1.165, 1.54) is 14.2 Å². The van der Waals surface area contributed by atoms with Gasteiger partial charge in [-0.2, -0.15) is 4.98 Å². The van der Waals surface area contributed by atoms with Crippen LogP contribution in [0.5, 0.6) is 17.4 Å². The fraction of sp³-hybridized carbons (Fsp3) is 0.267. The number of hydrogen-bond donors (Lipinski definition) is 1. The fourth-order valence-electron chi connectivity index (χ4n) is 2.49. The number of rotatable bonds is 5. The number of nitrogens with zero attached hydrogens (tertiary/aromatic N) is 4. The highest BCUT2D eigenvalue weighted by Gasteiger charge is 2.21. The minimum atomic E-state index is 0.106. The van der Waals surface area contributed by atoms with Crippen LogP contribution in [0.4, 0.5) is 5.95 Å². The number of anilines is 1. The Morgan fingerprint density at radius 2 is 1.84 bits per heavy atom. The Balaban J connectivity index is 2.12. The molecule has 0 aliphatic carbocycles. The first-order valence-corrected chi connectivity index (χ1v) is 8.29. The second kappa shape index (κ2) is 6.93. The van der Waals surface area contributed by atoms with Crippen molar-refractivity contribution in [3.8, 4) is 17.4 Å². The van der Waals surface area contributed by atoms with E-state index in [-0.39, 0.29) is 5.95 Å². The van der Waals surface area contributed by atoms with E-state index in [1.807, 2.05) is 16.8 Å². The molecule has 0 fully saturated rings. The summed E-state index contributed by atoms with van der Waals surface area (Å²) in [5.74, 6) is 1.33. The highest BCUT2D eigenvalue weighted by molar-refractivity contribution is 9.10. The van der Waals surface area contributed by atoms with Crippen molar-refractivity contribution in [3.63, 3.8) is 0 Å². The van der Waals surface area contributed by atoms with Gasteiger partial charge in [-0.15, -0.1) is 0 Å². The number of nitrogens with two attached hydrogens (primary N) is 1. The van der Waals surface area contributed by atoms with Crippen LogP contribution in [0.25, 0.3) is 11.0 Å². The Hall–Kier alpha value is -2.26. The van der Waals surface area contributed by atoms with Crippen LogP contribution in [0.2, 0.25) is 5.15 Å². The van der Waals surface area contributed by atoms with Gasteiger partial charge in [-0.05, 0) is 22.0 Å². The Kier molecular flexibility index (Phi) is 4.87. The predicted octanol–water partition coefficient (Wildman–Crippen LogP) is 2.90. The summed E-state index contributed by atoms with van der Waals surface area (Å²) in [7, 11) is 4.58. The van der Waals surface area contributed by atoms with E-state index in [4.69, 9.17) is 31.5 Å². The smallest absolute Gasteiger partial charge is 0.261 e. The van der Waals surface area contributed by atoms with Crippen LogP contribution in [0.1, 0.15) is 5.69 Å². The summed E-state index contributed by atoms with van der Waals surface area (Å²) in [6.45, 7) is 0.383. The molecule has 3 aromatic rings. The SMILES string of the molecule is COc1nc(Cn2ccc3c(Cl)nc(N)nc32)c(Br)c(OC)c1OC. The van der Waals surface area contributed by atoms with E-state index in [0.29, 0.717) is 50.3 Å². The third kappa shape index (κ3) is 3.05. The number of nitrogen functional groups attached to an aromatic ring is 1. The van der Waals surface area contributed by atoms with Crippen LogP contribution in [0.15, 0.2) is 16.7 Å². The lowest BCUT2D eigenvalue weighted by atomic mass is 10.3. The molecule has 8 nitrogen and oxygen atoms in total. The van der Waals surface area contributed by atoms with Crippen LogP contribution >= 0.6 is 27.5 Å². The second-order valence-electron chi connectivity index (χ2n) is 5.00. The molecule has 3 heterocycles. The average molecular weight is 429 g/mol. The van der Waals surface area contributed by atoms with E-state index in [2.05, 4.69) is 30.9 Å². The van der Waals surface area contributed by atoms with Gasteiger partial charge in [0, 0.05) is 6.20 Å². The summed E-state index contributed by atoms with van der Waals surface area (Å²) in [5.41, 5.74) is 6.98. The molecule has 0 aliphatic heterocycles. The van der Waals surface area contributed by atoms with E-state index in [0.717, 1.165) is 0 Å². The first-order chi connectivity index (χ1) is 12.0. The molecule has 10 heteroatoms. The molecule has 0 saturated heterocycles. The summed E-state index contributed by atoms with van der Waals surface area (Å²) in [6, 6.07) is 1.82. The average Bonchev–Trinajstić information content (AvgIpc) is 2.99. The molecule has 0 amide bonds. The molecule has 0 aliphatic rings. The van der Waals surface area contributed by atoms with Crippen LogP contribution in [-0.4, -0.2) is 40.8 Å². The standard InChI is InChI=1S/C15H15BrClN5O3/c1-23-10-9(16)8(19-14(25-3)11(10)24-2)6-22-5-4-7-12(17)20-15(18)21-13(7)22/h4-5H,6H2,1-3H3,(H2,18,20,21). The summed E-state index contributed by atoms with van der Waals surface area (Å²) < 4.78 is 18.6. The lowest BCUT2D eigenvalue weighted by Gasteiger charge is -2.16. The van der Waals surface area contributed by atoms with Crippen molar-refractivity contribution in [2.24, 2.45) is 0 Å². The summed E-state index contributed by atoms with van der Waals surface area (Å²) in [6.07, 6.45) is 1.84. The first kappa shape index (κ1) is 17.6. The molecule has 3 aromatic heterocycles. The zero-order valence-corrected chi connectivity index (χ0v) is 16.1. The van der Waals surface area contributed by atoms with Crippen LogP contribution < -0.4 is 19.9 Å². The monoisotopic (exact) mass is 427 g/mol. The van der Waals surface area contributed by atoms with E-state index in [9.17, 15) is 0 Å². The number of aromatic nitrogens is 4. The van der Waals surface area contributed by atoms with E-state index in [1.54, 1.807) is 7.11 Å². The third-order valence-electron chi connectivity index (χ3n) is 3.60. The molecule has 25 heavy (non-hydrogen) atoms. The molecule has 0 unspecified atom stereocenters. The topological polar surface area (TPSA) is 97.3 Å². The zero-order valence-electron chi connectivity index (χ0n) is 13.7. The molecule has 0 radical (unpaired) electrons. The minimum Gasteiger partial charge on any atom is -0.492 e. The number of halogens is 2. The summed E-state index contributed by atoms with van der Waals surface area (Å²) >= 11 is 9.63. The second-order valence-corrected chi connectivity index (χ2v) is 6.15. The van der Waals surface area contributed by atoms with Crippen molar-refractivity contribution < 1.29 is 14.2 Å². The third-order valence-corrected chi connectivity index (χ3v) is 4.71. The highest BCUT2D eigenvalue weighted by Crippen LogP contribution is 2.43. The summed E-state index contributed by atoms with van der Waals surface area (Å²) in [4.78, 5) is 12.7. The van der Waals surface area contributed by atoms with Crippen LogP contribution in [-0.2, 0) is 6.54 Å². The van der Waals surface area contributed by atoms with Gasteiger partial charge in [0.15, 0.2) is 5.75 Å². The molecule has 0 bridgehead atoms. The van der Waals surface area contributed by atoms with Crippen molar-refractivity contribution >= 4 is 44.5 Å². The molecule has 0 saturated carbocycles. The van der Waals surface area contributed by atoms with Crippen molar-refractivity contribution in [2.45, 2.75) is 6.54 Å². The number of methoxy groups -OCH3 is 3. The van der Waals surface area contributed by atoms with Gasteiger partial charge in [0.05, 0.1) is 43.4 Å².